The number of halogens is 3. The molecule has 14 heavy (non-hydrogen) atoms. The zero-order chi connectivity index (χ0) is 10.1. The summed E-state index contributed by atoms with van der Waals surface area (Å²) in [6.45, 7) is 0. The van der Waals surface area contributed by atoms with Crippen LogP contribution >= 0.6 is 15.9 Å². The van der Waals surface area contributed by atoms with E-state index in [0.717, 1.165) is 6.07 Å². The average molecular weight is 259 g/mol. The summed E-state index contributed by atoms with van der Waals surface area (Å²) >= 11 is 3.15. The van der Waals surface area contributed by atoms with Gasteiger partial charge in [0.25, 0.3) is 0 Å². The molecule has 0 fully saturated rings. The second-order valence-electron chi connectivity index (χ2n) is 2.66. The molecule has 2 rings (SSSR count). The Morgan fingerprint density at radius 1 is 1.29 bits per heavy atom. The van der Waals surface area contributed by atoms with Gasteiger partial charge in [-0.25, -0.2) is 13.8 Å². The van der Waals surface area contributed by atoms with Crippen molar-refractivity contribution in [3.63, 3.8) is 0 Å². The van der Waals surface area contributed by atoms with Gasteiger partial charge in [0.15, 0.2) is 4.73 Å². The van der Waals surface area contributed by atoms with Crippen molar-refractivity contribution in [3.05, 3.63) is 47.0 Å². The maximum atomic E-state index is 13.3. The number of imidazole rings is 1. The minimum atomic E-state index is -0.622. The van der Waals surface area contributed by atoms with E-state index < -0.39 is 11.6 Å². The highest BCUT2D eigenvalue weighted by Crippen LogP contribution is 2.18. The Morgan fingerprint density at radius 3 is 2.64 bits per heavy atom. The molecule has 1 aromatic heterocycles. The fraction of sp³-hybridized carbons (Fsp3) is 0. The molecule has 0 unspecified atom stereocenters. The van der Waals surface area contributed by atoms with Crippen LogP contribution in [0.2, 0.25) is 0 Å². The minimum Gasteiger partial charge on any atom is -0.291 e. The van der Waals surface area contributed by atoms with Crippen LogP contribution in [0.4, 0.5) is 8.78 Å². The minimum absolute atomic E-state index is 0.260. The first kappa shape index (κ1) is 9.33. The maximum Gasteiger partial charge on any atom is 0.181 e. The Hall–Kier alpha value is -1.23. The molecule has 0 saturated heterocycles. The van der Waals surface area contributed by atoms with Gasteiger partial charge in [-0.15, -0.1) is 0 Å². The fourth-order valence-electron chi connectivity index (χ4n) is 1.14. The summed E-state index contributed by atoms with van der Waals surface area (Å²) in [6, 6.07) is 3.39. The van der Waals surface area contributed by atoms with Gasteiger partial charge in [-0.3, -0.25) is 4.57 Å². The molecular weight excluding hydrogens is 254 g/mol. The molecule has 72 valence electrons. The van der Waals surface area contributed by atoms with E-state index in [2.05, 4.69) is 20.9 Å². The smallest absolute Gasteiger partial charge is 0.181 e. The van der Waals surface area contributed by atoms with Crippen LogP contribution in [0, 0.1) is 11.6 Å². The first-order chi connectivity index (χ1) is 6.68. The number of nitrogens with zero attached hydrogens (tertiary/aromatic N) is 2. The second kappa shape index (κ2) is 3.49. The molecule has 1 aromatic carbocycles. The van der Waals surface area contributed by atoms with Crippen LogP contribution in [-0.4, -0.2) is 9.55 Å². The van der Waals surface area contributed by atoms with Gasteiger partial charge in [-0.1, -0.05) is 0 Å². The zero-order valence-electron chi connectivity index (χ0n) is 6.92. The van der Waals surface area contributed by atoms with Crippen molar-refractivity contribution in [3.8, 4) is 5.69 Å². The van der Waals surface area contributed by atoms with Crippen molar-refractivity contribution in [1.82, 2.24) is 9.55 Å². The Morgan fingerprint density at radius 2 is 2.07 bits per heavy atom. The van der Waals surface area contributed by atoms with Crippen molar-refractivity contribution >= 4 is 15.9 Å². The van der Waals surface area contributed by atoms with Crippen LogP contribution in [0.3, 0.4) is 0 Å². The number of aromatic nitrogens is 2. The molecule has 0 amide bonds. The summed E-state index contributed by atoms with van der Waals surface area (Å²) in [7, 11) is 0. The average Bonchev–Trinajstić information content (AvgIpc) is 2.52. The standard InChI is InChI=1S/C9H5BrF2N2/c10-9-13-3-4-14(9)8-2-1-6(11)5-7(8)12/h1-5H. The molecule has 0 atom stereocenters. The zero-order valence-corrected chi connectivity index (χ0v) is 8.50. The van der Waals surface area contributed by atoms with Gasteiger partial charge >= 0.3 is 0 Å². The van der Waals surface area contributed by atoms with Crippen LogP contribution in [0.25, 0.3) is 5.69 Å². The highest BCUT2D eigenvalue weighted by molar-refractivity contribution is 9.10. The van der Waals surface area contributed by atoms with Crippen LogP contribution in [0.1, 0.15) is 0 Å². The third kappa shape index (κ3) is 1.55. The topological polar surface area (TPSA) is 17.8 Å². The first-order valence-corrected chi connectivity index (χ1v) is 4.62. The summed E-state index contributed by atoms with van der Waals surface area (Å²) in [5.41, 5.74) is 0.260. The van der Waals surface area contributed by atoms with E-state index in [4.69, 9.17) is 0 Å². The molecule has 0 saturated carbocycles. The van der Waals surface area contributed by atoms with E-state index >= 15 is 0 Å². The number of hydrogen-bond donors (Lipinski definition) is 0. The molecular formula is C9H5BrF2N2. The Bertz CT molecular complexity index is 468. The summed E-state index contributed by atoms with van der Waals surface area (Å²) in [4.78, 5) is 3.88. The van der Waals surface area contributed by atoms with Gasteiger partial charge < -0.3 is 0 Å². The number of hydrogen-bond acceptors (Lipinski definition) is 1. The van der Waals surface area contributed by atoms with Gasteiger partial charge in [0.1, 0.15) is 11.6 Å². The van der Waals surface area contributed by atoms with Gasteiger partial charge in [0.05, 0.1) is 5.69 Å². The molecule has 0 N–H and O–H groups in total. The van der Waals surface area contributed by atoms with Crippen LogP contribution < -0.4 is 0 Å². The predicted octanol–water partition coefficient (Wildman–Crippen LogP) is 2.91. The van der Waals surface area contributed by atoms with Crippen molar-refractivity contribution in [1.29, 1.82) is 0 Å². The third-order valence-corrected chi connectivity index (χ3v) is 2.35. The maximum absolute atomic E-state index is 13.3. The van der Waals surface area contributed by atoms with Gasteiger partial charge in [-0.05, 0) is 28.1 Å². The Labute approximate surface area is 87.3 Å². The molecule has 0 aliphatic rings. The first-order valence-electron chi connectivity index (χ1n) is 3.83. The van der Waals surface area contributed by atoms with Crippen LogP contribution in [-0.2, 0) is 0 Å². The molecule has 0 spiro atoms. The summed E-state index contributed by atoms with van der Waals surface area (Å²) in [5, 5.41) is 0. The highest BCUT2D eigenvalue weighted by Gasteiger charge is 2.07. The molecule has 2 aromatic rings. The van der Waals surface area contributed by atoms with Crippen molar-refractivity contribution in [2.75, 3.05) is 0 Å². The van der Waals surface area contributed by atoms with E-state index in [1.807, 2.05) is 0 Å². The normalized spacial score (nSPS) is 10.5. The molecule has 5 heteroatoms. The van der Waals surface area contributed by atoms with Crippen molar-refractivity contribution in [2.45, 2.75) is 0 Å². The van der Waals surface area contributed by atoms with Crippen molar-refractivity contribution in [2.24, 2.45) is 0 Å². The second-order valence-corrected chi connectivity index (χ2v) is 3.37. The van der Waals surface area contributed by atoms with E-state index in [1.165, 1.54) is 22.9 Å². The van der Waals surface area contributed by atoms with Gasteiger partial charge in [-0.2, -0.15) is 0 Å². The Balaban J connectivity index is 2.58. The molecule has 0 radical (unpaired) electrons. The fourth-order valence-corrected chi connectivity index (χ4v) is 1.57. The molecule has 0 aliphatic heterocycles. The summed E-state index contributed by atoms with van der Waals surface area (Å²) in [5.74, 6) is -1.22. The van der Waals surface area contributed by atoms with E-state index in [-0.39, 0.29) is 5.69 Å². The summed E-state index contributed by atoms with van der Waals surface area (Å²) in [6.07, 6.45) is 3.10. The molecule has 1 heterocycles. The van der Waals surface area contributed by atoms with E-state index in [9.17, 15) is 8.78 Å². The third-order valence-electron chi connectivity index (χ3n) is 1.76. The number of benzene rings is 1. The predicted molar refractivity (Wildman–Crippen MR) is 51.2 cm³/mol. The SMILES string of the molecule is Fc1ccc(-n2ccnc2Br)c(F)c1. The number of rotatable bonds is 1. The molecule has 0 bridgehead atoms. The monoisotopic (exact) mass is 258 g/mol. The Kier molecular flexibility index (Phi) is 2.33. The quantitative estimate of drug-likeness (QED) is 0.769. The van der Waals surface area contributed by atoms with Crippen molar-refractivity contribution < 1.29 is 8.78 Å². The van der Waals surface area contributed by atoms with E-state index in [0.29, 0.717) is 4.73 Å². The van der Waals surface area contributed by atoms with Crippen LogP contribution in [0.15, 0.2) is 35.3 Å². The molecule has 0 aliphatic carbocycles. The lowest BCUT2D eigenvalue weighted by molar-refractivity contribution is 0.577. The lowest BCUT2D eigenvalue weighted by Gasteiger charge is -2.04. The molecule has 2 nitrogen and oxygen atoms in total. The van der Waals surface area contributed by atoms with Gasteiger partial charge in [0.2, 0.25) is 0 Å². The lowest BCUT2D eigenvalue weighted by Crippen LogP contribution is -1.97. The summed E-state index contributed by atoms with van der Waals surface area (Å²) < 4.78 is 27.9. The van der Waals surface area contributed by atoms with Crippen LogP contribution in [0.5, 0.6) is 0 Å². The van der Waals surface area contributed by atoms with E-state index in [1.54, 1.807) is 6.20 Å². The van der Waals surface area contributed by atoms with Gasteiger partial charge in [0, 0.05) is 18.5 Å². The lowest BCUT2D eigenvalue weighted by atomic mass is 10.3. The highest BCUT2D eigenvalue weighted by atomic mass is 79.9. The largest absolute Gasteiger partial charge is 0.291 e.